The van der Waals surface area contributed by atoms with Crippen LogP contribution in [0.3, 0.4) is 0 Å². The van der Waals surface area contributed by atoms with E-state index < -0.39 is 10.0 Å². The summed E-state index contributed by atoms with van der Waals surface area (Å²) in [5.74, 6) is -0.0455. The average Bonchev–Trinajstić information content (AvgIpc) is 3.17. The van der Waals surface area contributed by atoms with Crippen molar-refractivity contribution in [3.05, 3.63) is 48.2 Å². The Bertz CT molecular complexity index is 1120. The second-order valence-electron chi connectivity index (χ2n) is 6.48. The van der Waals surface area contributed by atoms with E-state index in [0.717, 1.165) is 16.6 Å². The fourth-order valence-corrected chi connectivity index (χ4v) is 4.63. The number of amides is 1. The Morgan fingerprint density at radius 2 is 2.12 bits per heavy atom. The van der Waals surface area contributed by atoms with Gasteiger partial charge < -0.3 is 4.90 Å². The van der Waals surface area contributed by atoms with Crippen LogP contribution in [0.5, 0.6) is 0 Å². The zero-order valence-electron chi connectivity index (χ0n) is 14.4. The molecule has 1 amide bonds. The first kappa shape index (κ1) is 16.6. The smallest absolute Gasteiger partial charge is 0.261 e. The number of aromatic amines is 1. The van der Waals surface area contributed by atoms with E-state index in [-0.39, 0.29) is 16.8 Å². The van der Waals surface area contributed by atoms with E-state index in [0.29, 0.717) is 17.6 Å². The van der Waals surface area contributed by atoms with Gasteiger partial charge in [0.05, 0.1) is 22.3 Å². The first-order valence-electron chi connectivity index (χ1n) is 8.24. The Morgan fingerprint density at radius 3 is 2.88 bits per heavy atom. The van der Waals surface area contributed by atoms with Gasteiger partial charge in [0.2, 0.25) is 5.91 Å². The molecule has 134 valence electrons. The summed E-state index contributed by atoms with van der Waals surface area (Å²) in [5, 5.41) is 7.58. The number of rotatable bonds is 3. The Hall–Kier alpha value is -2.87. The molecule has 2 N–H and O–H groups in total. The largest absolute Gasteiger partial charge is 0.309 e. The first-order valence-corrected chi connectivity index (χ1v) is 9.73. The molecule has 1 atom stereocenters. The van der Waals surface area contributed by atoms with Gasteiger partial charge in [-0.3, -0.25) is 14.6 Å². The third-order valence-corrected chi connectivity index (χ3v) is 6.00. The predicted molar refractivity (Wildman–Crippen MR) is 99.7 cm³/mol. The van der Waals surface area contributed by atoms with Gasteiger partial charge in [0.15, 0.2) is 0 Å². The van der Waals surface area contributed by atoms with Crippen molar-refractivity contribution in [1.82, 2.24) is 10.2 Å². The highest BCUT2D eigenvalue weighted by atomic mass is 32.2. The predicted octanol–water partition coefficient (Wildman–Crippen LogP) is 2.66. The Morgan fingerprint density at radius 1 is 1.31 bits per heavy atom. The van der Waals surface area contributed by atoms with Gasteiger partial charge in [0, 0.05) is 24.0 Å². The number of fused-ring (bicyclic) bond motifs is 2. The zero-order valence-corrected chi connectivity index (χ0v) is 15.2. The standard InChI is InChI=1S/C18H18N4O3S/c1-11-8-14-9-15(6-7-17(14)22(11)12(2)23)26(24,25)21-16-5-3-4-13-10-19-20-18(13)16/h3-7,9-11,21H,8H2,1-2H3,(H,19,20). The molecule has 1 unspecified atom stereocenters. The van der Waals surface area contributed by atoms with E-state index >= 15 is 0 Å². The van der Waals surface area contributed by atoms with Crippen molar-refractivity contribution in [1.29, 1.82) is 0 Å². The van der Waals surface area contributed by atoms with Crippen molar-refractivity contribution >= 4 is 38.2 Å². The lowest BCUT2D eigenvalue weighted by Gasteiger charge is -2.20. The molecule has 0 saturated heterocycles. The molecule has 3 aromatic rings. The monoisotopic (exact) mass is 370 g/mol. The quantitative estimate of drug-likeness (QED) is 0.741. The average molecular weight is 370 g/mol. The van der Waals surface area contributed by atoms with Crippen LogP contribution in [-0.4, -0.2) is 30.6 Å². The minimum absolute atomic E-state index is 0.0205. The van der Waals surface area contributed by atoms with Crippen LogP contribution >= 0.6 is 0 Å². The molecular weight excluding hydrogens is 352 g/mol. The van der Waals surface area contributed by atoms with Crippen LogP contribution in [0.4, 0.5) is 11.4 Å². The number of benzene rings is 2. The summed E-state index contributed by atoms with van der Waals surface area (Å²) in [6.07, 6.45) is 2.27. The molecule has 1 aliphatic rings. The third-order valence-electron chi connectivity index (χ3n) is 4.64. The fraction of sp³-hybridized carbons (Fsp3) is 0.222. The molecule has 4 rings (SSSR count). The maximum atomic E-state index is 12.8. The number of aromatic nitrogens is 2. The number of nitrogens with one attached hydrogen (secondary N) is 2. The van der Waals surface area contributed by atoms with Crippen molar-refractivity contribution in [3.63, 3.8) is 0 Å². The number of anilines is 2. The molecule has 0 saturated carbocycles. The second-order valence-corrected chi connectivity index (χ2v) is 8.16. The van der Waals surface area contributed by atoms with E-state index in [1.165, 1.54) is 13.0 Å². The minimum atomic E-state index is -3.76. The van der Waals surface area contributed by atoms with Crippen LogP contribution in [0, 0.1) is 0 Å². The topological polar surface area (TPSA) is 95.2 Å². The number of nitrogens with zero attached hydrogens (tertiary/aromatic N) is 2. The number of H-pyrrole nitrogens is 1. The van der Waals surface area contributed by atoms with Gasteiger partial charge in [-0.25, -0.2) is 8.42 Å². The van der Waals surface area contributed by atoms with E-state index in [1.807, 2.05) is 13.0 Å². The lowest BCUT2D eigenvalue weighted by Crippen LogP contribution is -2.33. The van der Waals surface area contributed by atoms with Crippen LogP contribution in [0.15, 0.2) is 47.5 Å². The SMILES string of the molecule is CC(=O)N1c2ccc(S(=O)(=O)Nc3cccc4cn[nH]c34)cc2CC1C. The molecule has 1 aliphatic heterocycles. The number of carbonyl (C=O) groups excluding carboxylic acids is 1. The normalized spacial score (nSPS) is 16.7. The van der Waals surface area contributed by atoms with E-state index in [4.69, 9.17) is 0 Å². The minimum Gasteiger partial charge on any atom is -0.309 e. The van der Waals surface area contributed by atoms with Crippen LogP contribution < -0.4 is 9.62 Å². The molecule has 2 heterocycles. The lowest BCUT2D eigenvalue weighted by molar-refractivity contribution is -0.116. The highest BCUT2D eigenvalue weighted by molar-refractivity contribution is 7.92. The molecule has 7 nitrogen and oxygen atoms in total. The molecule has 0 radical (unpaired) electrons. The Balaban J connectivity index is 1.71. The summed E-state index contributed by atoms with van der Waals surface area (Å²) in [6, 6.07) is 10.2. The van der Waals surface area contributed by atoms with Crippen molar-refractivity contribution < 1.29 is 13.2 Å². The first-order chi connectivity index (χ1) is 12.4. The molecule has 0 spiro atoms. The maximum Gasteiger partial charge on any atom is 0.261 e. The van der Waals surface area contributed by atoms with Gasteiger partial charge in [0.25, 0.3) is 10.0 Å². The number of para-hydroxylation sites is 1. The van der Waals surface area contributed by atoms with Gasteiger partial charge in [-0.05, 0) is 43.2 Å². The summed E-state index contributed by atoms with van der Waals surface area (Å²) >= 11 is 0. The molecule has 0 bridgehead atoms. The van der Waals surface area contributed by atoms with Crippen molar-refractivity contribution in [2.45, 2.75) is 31.2 Å². The fourth-order valence-electron chi connectivity index (χ4n) is 3.51. The number of carbonyl (C=O) groups is 1. The molecule has 26 heavy (non-hydrogen) atoms. The van der Waals surface area contributed by atoms with Crippen molar-refractivity contribution in [2.75, 3.05) is 9.62 Å². The molecule has 0 fully saturated rings. The van der Waals surface area contributed by atoms with Crippen LogP contribution in [0.25, 0.3) is 10.9 Å². The lowest BCUT2D eigenvalue weighted by atomic mass is 10.1. The highest BCUT2D eigenvalue weighted by Crippen LogP contribution is 2.34. The Kier molecular flexibility index (Phi) is 3.73. The highest BCUT2D eigenvalue weighted by Gasteiger charge is 2.30. The number of hydrogen-bond donors (Lipinski definition) is 2. The third kappa shape index (κ3) is 2.62. The summed E-state index contributed by atoms with van der Waals surface area (Å²) in [5.41, 5.74) is 2.71. The summed E-state index contributed by atoms with van der Waals surface area (Å²) in [7, 11) is -3.76. The van der Waals surface area contributed by atoms with Gasteiger partial charge in [-0.2, -0.15) is 5.10 Å². The van der Waals surface area contributed by atoms with Crippen LogP contribution in [-0.2, 0) is 21.2 Å². The maximum absolute atomic E-state index is 12.8. The van der Waals surface area contributed by atoms with Gasteiger partial charge in [-0.15, -0.1) is 0 Å². The van der Waals surface area contributed by atoms with E-state index in [9.17, 15) is 13.2 Å². The Labute approximate surface area is 151 Å². The molecule has 2 aromatic carbocycles. The van der Waals surface area contributed by atoms with Gasteiger partial charge in [-0.1, -0.05) is 12.1 Å². The number of hydrogen-bond acceptors (Lipinski definition) is 4. The van der Waals surface area contributed by atoms with Gasteiger partial charge >= 0.3 is 0 Å². The molecule has 1 aromatic heterocycles. The van der Waals surface area contributed by atoms with Crippen LogP contribution in [0.1, 0.15) is 19.4 Å². The molecule has 0 aliphatic carbocycles. The molecular formula is C18H18N4O3S. The molecule has 8 heteroatoms. The number of sulfonamides is 1. The van der Waals surface area contributed by atoms with Crippen LogP contribution in [0.2, 0.25) is 0 Å². The van der Waals surface area contributed by atoms with Crippen molar-refractivity contribution in [3.8, 4) is 0 Å². The van der Waals surface area contributed by atoms with Crippen molar-refractivity contribution in [2.24, 2.45) is 0 Å². The van der Waals surface area contributed by atoms with Gasteiger partial charge in [0.1, 0.15) is 0 Å². The summed E-state index contributed by atoms with van der Waals surface area (Å²) in [6.45, 7) is 3.47. The zero-order chi connectivity index (χ0) is 18.5. The van der Waals surface area contributed by atoms with E-state index in [1.54, 1.807) is 35.4 Å². The summed E-state index contributed by atoms with van der Waals surface area (Å²) in [4.78, 5) is 13.7. The second kappa shape index (κ2) is 5.84. The van der Waals surface area contributed by atoms with E-state index in [2.05, 4.69) is 14.9 Å². The summed E-state index contributed by atoms with van der Waals surface area (Å²) < 4.78 is 28.3.